The summed E-state index contributed by atoms with van der Waals surface area (Å²) < 4.78 is 0.823. The summed E-state index contributed by atoms with van der Waals surface area (Å²) in [4.78, 5) is 46.8. The zero-order valence-electron chi connectivity index (χ0n) is 28.2. The number of benzene rings is 2. The van der Waals surface area contributed by atoms with E-state index in [0.29, 0.717) is 45.9 Å². The molecule has 5 aromatic heterocycles. The fraction of sp³-hybridized carbons (Fsp3) is 0.158. The molecule has 0 unspecified atom stereocenters. The summed E-state index contributed by atoms with van der Waals surface area (Å²) in [7, 11) is 0. The third kappa shape index (κ3) is 7.79. The lowest BCUT2D eigenvalue weighted by Crippen LogP contribution is -2.13. The third-order valence-corrected chi connectivity index (χ3v) is 9.58. The molecule has 7 aromatic rings. The Labute approximate surface area is 307 Å². The van der Waals surface area contributed by atoms with Gasteiger partial charge in [0.25, 0.3) is 5.91 Å². The maximum absolute atomic E-state index is 13.3. The molecule has 0 saturated carbocycles. The first-order chi connectivity index (χ1) is 24.7. The molecule has 0 bridgehead atoms. The minimum absolute atomic E-state index is 0.260. The van der Waals surface area contributed by atoms with E-state index in [9.17, 15) is 4.79 Å². The SMILES string of the molecule is CC(C)c1ccc2c(Nc3ccc(Sc4ccc(C(=O)Nc5ccc(Br)cn5)cc4Nc4ncnc5nc(C(C)C)ccc45)cc3)ncnc2n1. The Kier molecular flexibility index (Phi) is 9.82. The van der Waals surface area contributed by atoms with Gasteiger partial charge in [-0.2, -0.15) is 0 Å². The first-order valence-electron chi connectivity index (χ1n) is 16.3. The average molecular weight is 758 g/mol. The Morgan fingerprint density at radius 2 is 1.31 bits per heavy atom. The standard InChI is InChI=1S/C38H33BrN10OS/c1-21(2)29-13-11-27-34(41-19-42-35(27)46-29)45-25-7-9-26(10-8-25)51-32-15-5-23(38(50)49-33-16-6-24(39)18-40-33)17-31(32)48-37-28-12-14-30(22(3)4)47-36(28)43-20-44-37/h5-22H,1-4H3,(H,40,49,50)(H,41,42,45,46)(H,43,44,47,48). The number of nitrogens with zero attached hydrogens (tertiary/aromatic N) is 7. The molecule has 3 N–H and O–H groups in total. The molecule has 51 heavy (non-hydrogen) atoms. The van der Waals surface area contributed by atoms with E-state index in [4.69, 9.17) is 9.97 Å². The molecule has 0 fully saturated rings. The van der Waals surface area contributed by atoms with Gasteiger partial charge in [-0.05, 0) is 107 Å². The van der Waals surface area contributed by atoms with Gasteiger partial charge in [0.2, 0.25) is 0 Å². The van der Waals surface area contributed by atoms with Crippen LogP contribution >= 0.6 is 27.7 Å². The molecular weight excluding hydrogens is 724 g/mol. The molecule has 5 heterocycles. The molecule has 11 nitrogen and oxygen atoms in total. The van der Waals surface area contributed by atoms with Crippen LogP contribution in [0.4, 0.5) is 28.8 Å². The largest absolute Gasteiger partial charge is 0.340 e. The van der Waals surface area contributed by atoms with Crippen molar-refractivity contribution in [3.63, 3.8) is 0 Å². The molecule has 0 atom stereocenters. The monoisotopic (exact) mass is 756 g/mol. The smallest absolute Gasteiger partial charge is 0.256 e. The maximum Gasteiger partial charge on any atom is 0.256 e. The minimum atomic E-state index is -0.288. The number of carbonyl (C=O) groups is 1. The van der Waals surface area contributed by atoms with Gasteiger partial charge >= 0.3 is 0 Å². The maximum atomic E-state index is 13.3. The van der Waals surface area contributed by atoms with Gasteiger partial charge < -0.3 is 16.0 Å². The number of pyridine rings is 3. The van der Waals surface area contributed by atoms with Crippen molar-refractivity contribution in [1.29, 1.82) is 0 Å². The van der Waals surface area contributed by atoms with E-state index in [1.807, 2.05) is 66.7 Å². The number of fused-ring (bicyclic) bond motifs is 2. The van der Waals surface area contributed by atoms with Gasteiger partial charge in [0.1, 0.15) is 30.1 Å². The molecule has 2 aromatic carbocycles. The van der Waals surface area contributed by atoms with E-state index in [0.717, 1.165) is 42.1 Å². The second-order valence-corrected chi connectivity index (χ2v) is 14.4. The number of carbonyl (C=O) groups excluding carboxylic acids is 1. The highest BCUT2D eigenvalue weighted by Gasteiger charge is 2.16. The zero-order chi connectivity index (χ0) is 35.5. The normalized spacial score (nSPS) is 11.4. The van der Waals surface area contributed by atoms with Crippen molar-refractivity contribution < 1.29 is 4.79 Å². The lowest BCUT2D eigenvalue weighted by molar-refractivity contribution is 0.102. The van der Waals surface area contributed by atoms with Gasteiger partial charge in [-0.15, -0.1) is 0 Å². The Bertz CT molecular complexity index is 2370. The summed E-state index contributed by atoms with van der Waals surface area (Å²) in [6.45, 7) is 8.41. The molecule has 0 aliphatic heterocycles. The number of amides is 1. The van der Waals surface area contributed by atoms with Crippen LogP contribution < -0.4 is 16.0 Å². The number of hydrogen-bond acceptors (Lipinski definition) is 11. The van der Waals surface area contributed by atoms with E-state index in [-0.39, 0.29) is 11.8 Å². The number of halogens is 1. The second kappa shape index (κ2) is 14.8. The number of aromatic nitrogens is 7. The van der Waals surface area contributed by atoms with Gasteiger partial charge in [-0.3, -0.25) is 4.79 Å². The third-order valence-electron chi connectivity index (χ3n) is 8.03. The van der Waals surface area contributed by atoms with E-state index < -0.39 is 0 Å². The van der Waals surface area contributed by atoms with Crippen LogP contribution in [0.5, 0.6) is 0 Å². The van der Waals surface area contributed by atoms with E-state index in [1.54, 1.807) is 30.1 Å². The average Bonchev–Trinajstić information content (AvgIpc) is 3.13. The second-order valence-electron chi connectivity index (χ2n) is 12.4. The van der Waals surface area contributed by atoms with Gasteiger partial charge in [-0.1, -0.05) is 39.5 Å². The van der Waals surface area contributed by atoms with Gasteiger partial charge in [0, 0.05) is 43.1 Å². The highest BCUT2D eigenvalue weighted by molar-refractivity contribution is 9.10. The molecule has 0 spiro atoms. The molecule has 0 saturated heterocycles. The van der Waals surface area contributed by atoms with E-state index >= 15 is 0 Å². The fourth-order valence-corrected chi connectivity index (χ4v) is 6.37. The highest BCUT2D eigenvalue weighted by Crippen LogP contribution is 2.37. The summed E-state index contributed by atoms with van der Waals surface area (Å²) in [6.07, 6.45) is 4.66. The van der Waals surface area contributed by atoms with Gasteiger partial charge in [0.15, 0.2) is 11.3 Å². The topological polar surface area (TPSA) is 143 Å². The summed E-state index contributed by atoms with van der Waals surface area (Å²) in [5.41, 5.74) is 5.22. The first kappa shape index (κ1) is 33.9. The Balaban J connectivity index is 1.17. The lowest BCUT2D eigenvalue weighted by Gasteiger charge is -2.15. The first-order valence-corrected chi connectivity index (χ1v) is 17.9. The molecule has 0 aliphatic rings. The van der Waals surface area contributed by atoms with Crippen LogP contribution in [0, 0.1) is 0 Å². The Morgan fingerprint density at radius 3 is 1.90 bits per heavy atom. The summed E-state index contributed by atoms with van der Waals surface area (Å²) in [5.74, 6) is 2.00. The van der Waals surface area contributed by atoms with Crippen molar-refractivity contribution in [3.05, 3.63) is 119 Å². The van der Waals surface area contributed by atoms with Crippen molar-refractivity contribution in [1.82, 2.24) is 34.9 Å². The minimum Gasteiger partial charge on any atom is -0.340 e. The summed E-state index contributed by atoms with van der Waals surface area (Å²) in [5, 5.41) is 11.4. The molecule has 0 radical (unpaired) electrons. The summed E-state index contributed by atoms with van der Waals surface area (Å²) >= 11 is 4.94. The van der Waals surface area contributed by atoms with Crippen LogP contribution in [0.25, 0.3) is 22.1 Å². The molecule has 7 rings (SSSR count). The predicted octanol–water partition coefficient (Wildman–Crippen LogP) is 9.66. The van der Waals surface area contributed by atoms with Crippen molar-refractivity contribution in [2.45, 2.75) is 49.3 Å². The van der Waals surface area contributed by atoms with Crippen molar-refractivity contribution >= 4 is 84.5 Å². The molecule has 0 aliphatic carbocycles. The number of anilines is 5. The van der Waals surface area contributed by atoms with Crippen LogP contribution in [0.3, 0.4) is 0 Å². The van der Waals surface area contributed by atoms with E-state index in [1.165, 1.54) is 12.7 Å². The molecular formula is C38H33BrN10OS. The van der Waals surface area contributed by atoms with Crippen LogP contribution in [-0.4, -0.2) is 40.8 Å². The van der Waals surface area contributed by atoms with Gasteiger partial charge in [-0.25, -0.2) is 34.9 Å². The van der Waals surface area contributed by atoms with Crippen molar-refractivity contribution in [3.8, 4) is 0 Å². The van der Waals surface area contributed by atoms with Crippen LogP contribution in [0.15, 0.2) is 112 Å². The molecule has 254 valence electrons. The molecule has 13 heteroatoms. The molecule has 1 amide bonds. The highest BCUT2D eigenvalue weighted by atomic mass is 79.9. The van der Waals surface area contributed by atoms with Crippen molar-refractivity contribution in [2.75, 3.05) is 16.0 Å². The summed E-state index contributed by atoms with van der Waals surface area (Å²) in [6, 6.07) is 25.2. The quantitative estimate of drug-likeness (QED) is 0.123. The van der Waals surface area contributed by atoms with Crippen molar-refractivity contribution in [2.24, 2.45) is 0 Å². The Hall–Kier alpha value is -5.53. The number of nitrogens with one attached hydrogen (secondary N) is 3. The lowest BCUT2D eigenvalue weighted by atomic mass is 10.1. The number of hydrogen-bond donors (Lipinski definition) is 3. The van der Waals surface area contributed by atoms with E-state index in [2.05, 4.69) is 84.5 Å². The van der Waals surface area contributed by atoms with Crippen LogP contribution in [0.1, 0.15) is 61.3 Å². The Morgan fingerprint density at radius 1 is 0.686 bits per heavy atom. The van der Waals surface area contributed by atoms with Crippen LogP contribution in [-0.2, 0) is 0 Å². The zero-order valence-corrected chi connectivity index (χ0v) is 30.6. The van der Waals surface area contributed by atoms with Gasteiger partial charge in [0.05, 0.1) is 16.5 Å². The fourth-order valence-electron chi connectivity index (χ4n) is 5.25. The number of rotatable bonds is 10. The van der Waals surface area contributed by atoms with Crippen LogP contribution in [0.2, 0.25) is 0 Å². The predicted molar refractivity (Wildman–Crippen MR) is 206 cm³/mol.